The van der Waals surface area contributed by atoms with E-state index in [1.165, 1.54) is 28.7 Å². The van der Waals surface area contributed by atoms with E-state index in [1.54, 1.807) is 56.4 Å². The predicted molar refractivity (Wildman–Crippen MR) is 154 cm³/mol. The van der Waals surface area contributed by atoms with E-state index in [2.05, 4.69) is 20.0 Å². The number of hydrogen-bond acceptors (Lipinski definition) is 7. The van der Waals surface area contributed by atoms with Crippen LogP contribution < -0.4 is 15.9 Å². The number of amides is 1. The molecule has 2 aromatic heterocycles. The number of nitrogens with one attached hydrogen (secondary N) is 2. The summed E-state index contributed by atoms with van der Waals surface area (Å²) in [7, 11) is 2.55. The van der Waals surface area contributed by atoms with Crippen LogP contribution in [-0.4, -0.2) is 65.3 Å². The number of rotatable bonds is 8. The molecule has 5 rings (SSSR count). The van der Waals surface area contributed by atoms with Gasteiger partial charge < -0.3 is 14.7 Å². The van der Waals surface area contributed by atoms with Crippen molar-refractivity contribution in [1.29, 1.82) is 0 Å². The molecule has 0 radical (unpaired) electrons. The van der Waals surface area contributed by atoms with Crippen molar-refractivity contribution in [3.8, 4) is 11.1 Å². The highest BCUT2D eigenvalue weighted by Crippen LogP contribution is 2.37. The molecular formula is C28H33N7O5S. The lowest BCUT2D eigenvalue weighted by atomic mass is 9.97. The first kappa shape index (κ1) is 28.3. The summed E-state index contributed by atoms with van der Waals surface area (Å²) in [6.07, 6.45) is 4.89. The Balaban J connectivity index is 1.79. The van der Waals surface area contributed by atoms with Crippen molar-refractivity contribution >= 4 is 26.8 Å². The van der Waals surface area contributed by atoms with Crippen LogP contribution in [0.25, 0.3) is 22.0 Å². The Hall–Kier alpha value is -4.23. The smallest absolute Gasteiger partial charge is 0.263 e. The number of H-pyrrole nitrogens is 1. The number of sulfonamides is 1. The molecule has 2 heterocycles. The van der Waals surface area contributed by atoms with Gasteiger partial charge in [-0.3, -0.25) is 18.8 Å². The summed E-state index contributed by atoms with van der Waals surface area (Å²) in [6.45, 7) is 3.79. The highest BCUT2D eigenvalue weighted by atomic mass is 32.2. The maximum atomic E-state index is 14.0. The standard InChI is InChI=1S/C28H33N7O5S/c1-17-11-19(7-8-21(17)25(36)33(3)4)22-12-20(41(38,39)32-28(2)9-10-28)13-23-24(22)30-27(31-40-6)35(26(23)37)16-18-14-29-34(5)15-18/h7-8,11-15,32H,9-10,16H2,1-6H3,(H,30,31). The average molecular weight is 580 g/mol. The van der Waals surface area contributed by atoms with Crippen LogP contribution in [0.4, 0.5) is 0 Å². The van der Waals surface area contributed by atoms with Gasteiger partial charge in [0.05, 0.1) is 28.5 Å². The van der Waals surface area contributed by atoms with Crippen LogP contribution in [0.2, 0.25) is 0 Å². The average Bonchev–Trinajstić information content (AvgIpc) is 3.48. The molecule has 1 fully saturated rings. The quantitative estimate of drug-likeness (QED) is 0.306. The van der Waals surface area contributed by atoms with Crippen LogP contribution in [-0.2, 0) is 28.5 Å². The second kappa shape index (κ2) is 10.3. The van der Waals surface area contributed by atoms with Crippen LogP contribution in [0, 0.1) is 6.92 Å². The number of benzene rings is 2. The molecule has 2 N–H and O–H groups in total. The SMILES string of the molecule is CO/N=c1\[nH]c2c(-c3ccc(C(=O)N(C)C)c(C)c3)cc(S(=O)(=O)NC3(C)CC3)cc2c(=O)n1Cc1cnn(C)c1. The van der Waals surface area contributed by atoms with E-state index >= 15 is 0 Å². The van der Waals surface area contributed by atoms with E-state index in [-0.39, 0.29) is 28.4 Å². The summed E-state index contributed by atoms with van der Waals surface area (Å²) < 4.78 is 32.8. The molecule has 1 aliphatic rings. The van der Waals surface area contributed by atoms with Crippen LogP contribution >= 0.6 is 0 Å². The number of nitrogens with zero attached hydrogens (tertiary/aromatic N) is 5. The molecule has 2 aromatic carbocycles. The third kappa shape index (κ3) is 5.55. The normalized spacial score (nSPS) is 14.8. The molecule has 41 heavy (non-hydrogen) atoms. The third-order valence-corrected chi connectivity index (χ3v) is 8.84. The minimum absolute atomic E-state index is 0.0333. The summed E-state index contributed by atoms with van der Waals surface area (Å²) in [5.41, 5.74) is 2.64. The van der Waals surface area contributed by atoms with Gasteiger partial charge in [0.15, 0.2) is 0 Å². The highest BCUT2D eigenvalue weighted by molar-refractivity contribution is 7.89. The molecule has 0 spiro atoms. The van der Waals surface area contributed by atoms with Gasteiger partial charge in [0.25, 0.3) is 11.5 Å². The first-order chi connectivity index (χ1) is 19.3. The molecule has 4 aromatic rings. The number of carbonyl (C=O) groups excluding carboxylic acids is 1. The minimum Gasteiger partial charge on any atom is -0.396 e. The van der Waals surface area contributed by atoms with Crippen molar-refractivity contribution in [3.05, 3.63) is 75.4 Å². The molecule has 1 amide bonds. The summed E-state index contributed by atoms with van der Waals surface area (Å²) in [4.78, 5) is 36.4. The Morgan fingerprint density at radius 3 is 2.56 bits per heavy atom. The van der Waals surface area contributed by atoms with Crippen LogP contribution in [0.1, 0.15) is 41.3 Å². The molecule has 0 unspecified atom stereocenters. The molecule has 1 saturated carbocycles. The zero-order valence-corrected chi connectivity index (χ0v) is 24.7. The lowest BCUT2D eigenvalue weighted by Gasteiger charge is -2.17. The fourth-order valence-corrected chi connectivity index (χ4v) is 6.27. The Labute approximate surface area is 237 Å². The Morgan fingerprint density at radius 2 is 1.98 bits per heavy atom. The number of carbonyl (C=O) groups is 1. The van der Waals surface area contributed by atoms with Gasteiger partial charge in [-0.1, -0.05) is 12.1 Å². The predicted octanol–water partition coefficient (Wildman–Crippen LogP) is 2.08. The Kier molecular flexibility index (Phi) is 7.12. The fraction of sp³-hybridized carbons (Fsp3) is 0.357. The minimum atomic E-state index is -3.96. The number of fused-ring (bicyclic) bond motifs is 1. The molecule has 216 valence electrons. The van der Waals surface area contributed by atoms with Gasteiger partial charge in [0, 0.05) is 49.6 Å². The van der Waals surface area contributed by atoms with Crippen molar-refractivity contribution < 1.29 is 18.0 Å². The zero-order chi connectivity index (χ0) is 29.7. The van der Waals surface area contributed by atoms with Gasteiger partial charge in [-0.15, -0.1) is 0 Å². The largest absolute Gasteiger partial charge is 0.396 e. The van der Waals surface area contributed by atoms with E-state index in [1.807, 2.05) is 13.8 Å². The lowest BCUT2D eigenvalue weighted by Crippen LogP contribution is -2.37. The fourth-order valence-electron chi connectivity index (χ4n) is 4.75. The van der Waals surface area contributed by atoms with E-state index in [0.717, 1.165) is 18.4 Å². The number of aryl methyl sites for hydroxylation is 2. The van der Waals surface area contributed by atoms with Gasteiger partial charge in [0.2, 0.25) is 15.6 Å². The molecule has 0 atom stereocenters. The molecule has 0 saturated heterocycles. The van der Waals surface area contributed by atoms with E-state index in [4.69, 9.17) is 4.84 Å². The topological polar surface area (TPSA) is 144 Å². The molecule has 1 aliphatic carbocycles. The van der Waals surface area contributed by atoms with Crippen molar-refractivity contribution in [1.82, 2.24) is 29.0 Å². The van der Waals surface area contributed by atoms with Crippen LogP contribution in [0.3, 0.4) is 0 Å². The van der Waals surface area contributed by atoms with Crippen molar-refractivity contribution in [3.63, 3.8) is 0 Å². The van der Waals surface area contributed by atoms with Gasteiger partial charge in [-0.05, 0) is 61.2 Å². The lowest BCUT2D eigenvalue weighted by molar-refractivity contribution is 0.0827. The molecule has 0 aliphatic heterocycles. The molecule has 13 heteroatoms. The third-order valence-electron chi connectivity index (χ3n) is 7.22. The van der Waals surface area contributed by atoms with Gasteiger partial charge in [-0.25, -0.2) is 13.1 Å². The molecule has 12 nitrogen and oxygen atoms in total. The Morgan fingerprint density at radius 1 is 1.24 bits per heavy atom. The van der Waals surface area contributed by atoms with E-state index in [9.17, 15) is 18.0 Å². The van der Waals surface area contributed by atoms with E-state index in [0.29, 0.717) is 27.8 Å². The van der Waals surface area contributed by atoms with Crippen LogP contribution in [0.5, 0.6) is 0 Å². The van der Waals surface area contributed by atoms with Gasteiger partial charge in [0.1, 0.15) is 7.11 Å². The number of hydrogen-bond donors (Lipinski definition) is 2. The Bertz CT molecular complexity index is 1910. The first-order valence-electron chi connectivity index (χ1n) is 13.0. The van der Waals surface area contributed by atoms with Crippen molar-refractivity contribution in [2.75, 3.05) is 21.2 Å². The molecular weight excluding hydrogens is 546 g/mol. The van der Waals surface area contributed by atoms with E-state index < -0.39 is 21.1 Å². The summed E-state index contributed by atoms with van der Waals surface area (Å²) in [5, 5.41) is 8.39. The summed E-state index contributed by atoms with van der Waals surface area (Å²) in [6, 6.07) is 8.18. The second-order valence-electron chi connectivity index (χ2n) is 10.9. The maximum absolute atomic E-state index is 14.0. The highest BCUT2D eigenvalue weighted by Gasteiger charge is 2.41. The first-order valence-corrected chi connectivity index (χ1v) is 14.5. The summed E-state index contributed by atoms with van der Waals surface area (Å²) >= 11 is 0. The van der Waals surface area contributed by atoms with Gasteiger partial charge >= 0.3 is 0 Å². The number of aromatic amines is 1. The summed E-state index contributed by atoms with van der Waals surface area (Å²) in [5.74, 6) is -0.150. The van der Waals surface area contributed by atoms with Crippen molar-refractivity contribution in [2.45, 2.75) is 43.7 Å². The maximum Gasteiger partial charge on any atom is 0.263 e. The van der Waals surface area contributed by atoms with Gasteiger partial charge in [-0.2, -0.15) is 5.10 Å². The second-order valence-corrected chi connectivity index (χ2v) is 12.6. The molecule has 0 bridgehead atoms. The van der Waals surface area contributed by atoms with Crippen LogP contribution in [0.15, 0.2) is 57.6 Å². The monoisotopic (exact) mass is 579 g/mol. The zero-order valence-electron chi connectivity index (χ0n) is 23.8. The number of aromatic nitrogens is 4. The van der Waals surface area contributed by atoms with Crippen molar-refractivity contribution in [2.24, 2.45) is 12.2 Å².